The summed E-state index contributed by atoms with van der Waals surface area (Å²) >= 11 is 0. The molecule has 2 fully saturated rings. The van der Waals surface area contributed by atoms with Gasteiger partial charge in [-0.2, -0.15) is 0 Å². The summed E-state index contributed by atoms with van der Waals surface area (Å²) in [5, 5.41) is 4.07. The molecular weight excluding hydrogens is 336 g/mol. The lowest BCUT2D eigenvalue weighted by molar-refractivity contribution is 0.0952. The number of pyridine rings is 1. The molecule has 0 radical (unpaired) electrons. The van der Waals surface area contributed by atoms with Gasteiger partial charge in [0.25, 0.3) is 5.91 Å². The Morgan fingerprint density at radius 1 is 1.19 bits per heavy atom. The third kappa shape index (κ3) is 4.41. The predicted molar refractivity (Wildman–Crippen MR) is 110 cm³/mol. The zero-order valence-corrected chi connectivity index (χ0v) is 16.4. The van der Waals surface area contributed by atoms with Crippen LogP contribution in [0.4, 0.5) is 5.82 Å². The van der Waals surface area contributed by atoms with Gasteiger partial charge in [-0.25, -0.2) is 4.98 Å². The van der Waals surface area contributed by atoms with E-state index in [9.17, 15) is 4.79 Å². The molecule has 1 aromatic carbocycles. The fraction of sp³-hybridized carbons (Fsp3) is 0.545. The van der Waals surface area contributed by atoms with Gasteiger partial charge in [-0.05, 0) is 43.9 Å². The van der Waals surface area contributed by atoms with Gasteiger partial charge in [0.1, 0.15) is 5.82 Å². The minimum Gasteiger partial charge on any atom is -0.354 e. The highest BCUT2D eigenvalue weighted by molar-refractivity contribution is 6.07. The molecule has 0 unspecified atom stereocenters. The van der Waals surface area contributed by atoms with Crippen molar-refractivity contribution in [3.63, 3.8) is 0 Å². The quantitative estimate of drug-likeness (QED) is 0.852. The Balaban J connectivity index is 1.53. The Kier molecular flexibility index (Phi) is 5.30. The highest BCUT2D eigenvalue weighted by atomic mass is 16.1. The van der Waals surface area contributed by atoms with E-state index in [2.05, 4.69) is 29.0 Å². The van der Waals surface area contributed by atoms with Crippen LogP contribution < -0.4 is 10.2 Å². The number of benzene rings is 1. The molecule has 1 N–H and O–H groups in total. The summed E-state index contributed by atoms with van der Waals surface area (Å²) in [6.45, 7) is 9.79. The standard InChI is InChI=1S/C22H30N4O/c1-16(2)9-10-25-11-13-26(14-12-25)21-15-19(22(27)23-17-7-8-17)18-5-3-4-6-20(18)24-21/h3-6,15-17H,7-14H2,1-2H3,(H,23,27). The zero-order valence-electron chi connectivity index (χ0n) is 16.4. The van der Waals surface area contributed by atoms with Crippen LogP contribution in [0.5, 0.6) is 0 Å². The minimum atomic E-state index is 0.0351. The molecule has 1 aliphatic heterocycles. The number of nitrogens with one attached hydrogen (secondary N) is 1. The van der Waals surface area contributed by atoms with Gasteiger partial charge in [-0.15, -0.1) is 0 Å². The summed E-state index contributed by atoms with van der Waals surface area (Å²) in [7, 11) is 0. The average molecular weight is 367 g/mol. The Bertz CT molecular complexity index is 807. The number of aromatic nitrogens is 1. The summed E-state index contributed by atoms with van der Waals surface area (Å²) in [5.74, 6) is 1.71. The van der Waals surface area contributed by atoms with Gasteiger partial charge in [-0.1, -0.05) is 32.0 Å². The summed E-state index contributed by atoms with van der Waals surface area (Å²) in [4.78, 5) is 22.5. The normalized spacial score (nSPS) is 18.3. The van der Waals surface area contributed by atoms with Gasteiger partial charge in [0.05, 0.1) is 11.1 Å². The third-order valence-electron chi connectivity index (χ3n) is 5.58. The first kappa shape index (κ1) is 18.2. The summed E-state index contributed by atoms with van der Waals surface area (Å²) in [6.07, 6.45) is 3.44. The maximum absolute atomic E-state index is 12.8. The number of para-hydroxylation sites is 1. The van der Waals surface area contributed by atoms with Crippen molar-refractivity contribution in [3.05, 3.63) is 35.9 Å². The van der Waals surface area contributed by atoms with Crippen LogP contribution in [-0.2, 0) is 0 Å². The SMILES string of the molecule is CC(C)CCN1CCN(c2cc(C(=O)NC3CC3)c3ccccc3n2)CC1. The van der Waals surface area contributed by atoms with E-state index in [1.54, 1.807) is 0 Å². The van der Waals surface area contributed by atoms with Crippen LogP contribution in [0.3, 0.4) is 0 Å². The van der Waals surface area contributed by atoms with Crippen molar-refractivity contribution in [2.24, 2.45) is 5.92 Å². The lowest BCUT2D eigenvalue weighted by atomic mass is 10.1. The molecule has 1 saturated carbocycles. The number of piperazine rings is 1. The summed E-state index contributed by atoms with van der Waals surface area (Å²) in [5.41, 5.74) is 1.66. The molecule has 2 aliphatic rings. The second-order valence-electron chi connectivity index (χ2n) is 8.30. The Hall–Kier alpha value is -2.14. The van der Waals surface area contributed by atoms with E-state index in [1.807, 2.05) is 30.3 Å². The minimum absolute atomic E-state index is 0.0351. The fourth-order valence-electron chi connectivity index (χ4n) is 3.64. The van der Waals surface area contributed by atoms with Crippen LogP contribution in [0.1, 0.15) is 43.5 Å². The molecule has 5 nitrogen and oxygen atoms in total. The molecule has 2 aromatic rings. The van der Waals surface area contributed by atoms with Crippen molar-refractivity contribution in [1.82, 2.24) is 15.2 Å². The van der Waals surface area contributed by atoms with E-state index < -0.39 is 0 Å². The summed E-state index contributed by atoms with van der Waals surface area (Å²) in [6, 6.07) is 10.3. The van der Waals surface area contributed by atoms with Crippen molar-refractivity contribution in [2.75, 3.05) is 37.6 Å². The molecule has 5 heteroatoms. The molecule has 1 aromatic heterocycles. The first-order valence-electron chi connectivity index (χ1n) is 10.3. The first-order chi connectivity index (χ1) is 13.1. The van der Waals surface area contributed by atoms with Crippen molar-refractivity contribution >= 4 is 22.6 Å². The number of carbonyl (C=O) groups is 1. The highest BCUT2D eigenvalue weighted by Crippen LogP contribution is 2.26. The van der Waals surface area contributed by atoms with Gasteiger partial charge in [0.2, 0.25) is 0 Å². The number of amides is 1. The molecule has 1 amide bonds. The number of anilines is 1. The van der Waals surface area contributed by atoms with E-state index in [1.165, 1.54) is 13.0 Å². The van der Waals surface area contributed by atoms with Crippen molar-refractivity contribution in [1.29, 1.82) is 0 Å². The largest absolute Gasteiger partial charge is 0.354 e. The smallest absolute Gasteiger partial charge is 0.252 e. The second kappa shape index (κ2) is 7.85. The summed E-state index contributed by atoms with van der Waals surface area (Å²) < 4.78 is 0. The lowest BCUT2D eigenvalue weighted by Gasteiger charge is -2.36. The van der Waals surface area contributed by atoms with Crippen LogP contribution in [-0.4, -0.2) is 54.6 Å². The monoisotopic (exact) mass is 366 g/mol. The van der Waals surface area contributed by atoms with Crippen LogP contribution in [0.15, 0.2) is 30.3 Å². The van der Waals surface area contributed by atoms with Gasteiger partial charge < -0.3 is 10.2 Å². The maximum atomic E-state index is 12.8. The molecule has 0 bridgehead atoms. The molecule has 4 rings (SSSR count). The third-order valence-corrected chi connectivity index (χ3v) is 5.58. The molecule has 27 heavy (non-hydrogen) atoms. The zero-order chi connectivity index (χ0) is 18.8. The van der Waals surface area contributed by atoms with E-state index in [0.717, 1.165) is 67.2 Å². The van der Waals surface area contributed by atoms with Crippen molar-refractivity contribution in [3.8, 4) is 0 Å². The lowest BCUT2D eigenvalue weighted by Crippen LogP contribution is -2.47. The van der Waals surface area contributed by atoms with Gasteiger partial charge >= 0.3 is 0 Å². The van der Waals surface area contributed by atoms with Crippen LogP contribution in [0.25, 0.3) is 10.9 Å². The van der Waals surface area contributed by atoms with E-state index >= 15 is 0 Å². The highest BCUT2D eigenvalue weighted by Gasteiger charge is 2.26. The molecule has 1 saturated heterocycles. The van der Waals surface area contributed by atoms with Crippen LogP contribution in [0, 0.1) is 5.92 Å². The Morgan fingerprint density at radius 2 is 1.93 bits per heavy atom. The number of hydrogen-bond donors (Lipinski definition) is 1. The topological polar surface area (TPSA) is 48.5 Å². The number of nitrogens with zero attached hydrogens (tertiary/aromatic N) is 3. The average Bonchev–Trinajstić information content (AvgIpc) is 3.50. The first-order valence-corrected chi connectivity index (χ1v) is 10.3. The number of carbonyl (C=O) groups excluding carboxylic acids is 1. The molecule has 144 valence electrons. The van der Waals surface area contributed by atoms with Crippen molar-refractivity contribution in [2.45, 2.75) is 39.2 Å². The molecule has 1 aliphatic carbocycles. The Labute approximate surface area is 161 Å². The number of fused-ring (bicyclic) bond motifs is 1. The molecule has 0 spiro atoms. The molecular formula is C22H30N4O. The van der Waals surface area contributed by atoms with E-state index in [-0.39, 0.29) is 5.91 Å². The van der Waals surface area contributed by atoms with Gasteiger partial charge in [-0.3, -0.25) is 9.69 Å². The molecule has 0 atom stereocenters. The van der Waals surface area contributed by atoms with Crippen LogP contribution >= 0.6 is 0 Å². The maximum Gasteiger partial charge on any atom is 0.252 e. The fourth-order valence-corrected chi connectivity index (χ4v) is 3.64. The number of rotatable bonds is 6. The number of hydrogen-bond acceptors (Lipinski definition) is 4. The van der Waals surface area contributed by atoms with Crippen molar-refractivity contribution < 1.29 is 4.79 Å². The van der Waals surface area contributed by atoms with Crippen LogP contribution in [0.2, 0.25) is 0 Å². The predicted octanol–water partition coefficient (Wildman–Crippen LogP) is 3.30. The second-order valence-corrected chi connectivity index (χ2v) is 8.30. The van der Waals surface area contributed by atoms with E-state index in [4.69, 9.17) is 4.98 Å². The van der Waals surface area contributed by atoms with E-state index in [0.29, 0.717) is 6.04 Å². The van der Waals surface area contributed by atoms with Gasteiger partial charge in [0.15, 0.2) is 0 Å². The van der Waals surface area contributed by atoms with Gasteiger partial charge in [0, 0.05) is 37.6 Å². The molecule has 2 heterocycles. The Morgan fingerprint density at radius 3 is 2.63 bits per heavy atom.